The number of aliphatic hydroxyl groups excluding tert-OH is 2. The quantitative estimate of drug-likeness (QED) is 0.651. The smallest absolute Gasteiger partial charge is 0.119 e. The lowest BCUT2D eigenvalue weighted by atomic mass is 10.1. The highest BCUT2D eigenvalue weighted by atomic mass is 16.5. The highest BCUT2D eigenvalue weighted by Crippen LogP contribution is 2.21. The van der Waals surface area contributed by atoms with Gasteiger partial charge in [-0.2, -0.15) is 0 Å². The standard InChI is InChI=1S/C15H20N2O3/c1-20-13-5-4-11(3-2-6-16)12(7-13)8-17-9-14(18)15(19)10-17/h4-5,7,14-15,18-19H,6,8-10,16H2,1H3. The first-order valence-corrected chi connectivity index (χ1v) is 6.58. The van der Waals surface area contributed by atoms with Crippen molar-refractivity contribution in [1.82, 2.24) is 4.90 Å². The van der Waals surface area contributed by atoms with Gasteiger partial charge in [0.25, 0.3) is 0 Å². The van der Waals surface area contributed by atoms with Gasteiger partial charge < -0.3 is 20.7 Å². The number of methoxy groups -OCH3 is 1. The fourth-order valence-corrected chi connectivity index (χ4v) is 2.31. The van der Waals surface area contributed by atoms with Crippen LogP contribution in [-0.4, -0.2) is 54.1 Å². The van der Waals surface area contributed by atoms with Crippen molar-refractivity contribution in [1.29, 1.82) is 0 Å². The lowest BCUT2D eigenvalue weighted by molar-refractivity contribution is 0.0572. The normalized spacial score (nSPS) is 22.4. The van der Waals surface area contributed by atoms with Crippen LogP contribution in [0.3, 0.4) is 0 Å². The van der Waals surface area contributed by atoms with Gasteiger partial charge in [-0.3, -0.25) is 4.90 Å². The van der Waals surface area contributed by atoms with Crippen LogP contribution in [0.15, 0.2) is 18.2 Å². The lowest BCUT2D eigenvalue weighted by Gasteiger charge is -2.16. The van der Waals surface area contributed by atoms with E-state index in [2.05, 4.69) is 11.8 Å². The summed E-state index contributed by atoms with van der Waals surface area (Å²) < 4.78 is 5.23. The molecule has 2 unspecified atom stereocenters. The molecule has 4 N–H and O–H groups in total. The van der Waals surface area contributed by atoms with E-state index in [4.69, 9.17) is 10.5 Å². The second-order valence-electron chi connectivity index (χ2n) is 4.86. The molecule has 0 aromatic heterocycles. The van der Waals surface area contributed by atoms with Crippen molar-refractivity contribution in [3.63, 3.8) is 0 Å². The second kappa shape index (κ2) is 6.73. The van der Waals surface area contributed by atoms with E-state index in [0.29, 0.717) is 26.2 Å². The van der Waals surface area contributed by atoms with Crippen LogP contribution >= 0.6 is 0 Å². The van der Waals surface area contributed by atoms with Crippen molar-refractivity contribution in [2.45, 2.75) is 18.8 Å². The average molecular weight is 276 g/mol. The third-order valence-electron chi connectivity index (χ3n) is 3.37. The summed E-state index contributed by atoms with van der Waals surface area (Å²) >= 11 is 0. The Morgan fingerprint density at radius 2 is 2.05 bits per heavy atom. The molecular weight excluding hydrogens is 256 g/mol. The van der Waals surface area contributed by atoms with E-state index in [9.17, 15) is 10.2 Å². The van der Waals surface area contributed by atoms with Crippen molar-refractivity contribution in [2.75, 3.05) is 26.7 Å². The minimum atomic E-state index is -0.681. The van der Waals surface area contributed by atoms with Gasteiger partial charge in [-0.05, 0) is 23.8 Å². The first-order chi connectivity index (χ1) is 9.63. The van der Waals surface area contributed by atoms with Crippen LogP contribution in [0.1, 0.15) is 11.1 Å². The predicted molar refractivity (Wildman–Crippen MR) is 76.2 cm³/mol. The molecule has 5 heteroatoms. The SMILES string of the molecule is COc1ccc(C#CCN)c(CN2CC(O)C(O)C2)c1. The highest BCUT2D eigenvalue weighted by molar-refractivity contribution is 5.45. The number of β-amino-alcohol motifs (C(OH)–C–C–N with tert-alkyl or cyclic N) is 2. The van der Waals surface area contributed by atoms with E-state index in [1.165, 1.54) is 0 Å². The monoisotopic (exact) mass is 276 g/mol. The van der Waals surface area contributed by atoms with Crippen molar-refractivity contribution in [3.8, 4) is 17.6 Å². The second-order valence-corrected chi connectivity index (χ2v) is 4.86. The van der Waals surface area contributed by atoms with Gasteiger partial charge in [0.15, 0.2) is 0 Å². The summed E-state index contributed by atoms with van der Waals surface area (Å²) in [4.78, 5) is 2.00. The molecule has 1 saturated heterocycles. The Bertz CT molecular complexity index is 512. The van der Waals surface area contributed by atoms with E-state index >= 15 is 0 Å². The maximum atomic E-state index is 9.60. The van der Waals surface area contributed by atoms with Crippen LogP contribution < -0.4 is 10.5 Å². The van der Waals surface area contributed by atoms with Crippen molar-refractivity contribution in [2.24, 2.45) is 5.73 Å². The third-order valence-corrected chi connectivity index (χ3v) is 3.37. The number of likely N-dealkylation sites (tertiary alicyclic amines) is 1. The zero-order chi connectivity index (χ0) is 14.5. The number of rotatable bonds is 3. The number of aliphatic hydroxyl groups is 2. The summed E-state index contributed by atoms with van der Waals surface area (Å²) in [5, 5.41) is 19.2. The summed E-state index contributed by atoms with van der Waals surface area (Å²) in [6, 6.07) is 5.69. The number of nitrogens with two attached hydrogens (primary N) is 1. The molecule has 2 atom stereocenters. The van der Waals surface area contributed by atoms with Crippen molar-refractivity contribution >= 4 is 0 Å². The van der Waals surface area contributed by atoms with Gasteiger partial charge in [-0.25, -0.2) is 0 Å². The molecule has 1 aromatic carbocycles. The Morgan fingerprint density at radius 1 is 1.35 bits per heavy atom. The Kier molecular flexibility index (Phi) is 4.99. The number of hydrogen-bond donors (Lipinski definition) is 3. The van der Waals surface area contributed by atoms with Gasteiger partial charge >= 0.3 is 0 Å². The molecule has 0 amide bonds. The molecule has 0 radical (unpaired) electrons. The van der Waals surface area contributed by atoms with Crippen LogP contribution in [0.5, 0.6) is 5.75 Å². The predicted octanol–water partition coefficient (Wildman–Crippen LogP) is -0.457. The number of nitrogens with zero attached hydrogens (tertiary/aromatic N) is 1. The minimum absolute atomic E-state index is 0.312. The van der Waals surface area contributed by atoms with Crippen LogP contribution in [-0.2, 0) is 6.54 Å². The van der Waals surface area contributed by atoms with Crippen molar-refractivity contribution < 1.29 is 14.9 Å². The summed E-state index contributed by atoms with van der Waals surface area (Å²) in [7, 11) is 1.62. The maximum absolute atomic E-state index is 9.60. The first-order valence-electron chi connectivity index (χ1n) is 6.58. The largest absolute Gasteiger partial charge is 0.497 e. The van der Waals surface area contributed by atoms with Crippen LogP contribution in [0.25, 0.3) is 0 Å². The molecule has 1 aliphatic rings. The zero-order valence-electron chi connectivity index (χ0n) is 11.5. The van der Waals surface area contributed by atoms with E-state index < -0.39 is 12.2 Å². The number of benzene rings is 1. The van der Waals surface area contributed by atoms with Crippen molar-refractivity contribution in [3.05, 3.63) is 29.3 Å². The summed E-state index contributed by atoms with van der Waals surface area (Å²) in [5.74, 6) is 6.65. The topological polar surface area (TPSA) is 79.0 Å². The van der Waals surface area contributed by atoms with Crippen LogP contribution in [0, 0.1) is 11.8 Å². The van der Waals surface area contributed by atoms with E-state index in [-0.39, 0.29) is 0 Å². The fourth-order valence-electron chi connectivity index (χ4n) is 2.31. The van der Waals surface area contributed by atoms with Gasteiger partial charge in [0.1, 0.15) is 5.75 Å². The average Bonchev–Trinajstić information content (AvgIpc) is 2.75. The zero-order valence-corrected chi connectivity index (χ0v) is 11.5. The molecule has 0 saturated carbocycles. The van der Waals surface area contributed by atoms with E-state index in [1.54, 1.807) is 7.11 Å². The van der Waals surface area contributed by atoms with Gasteiger partial charge in [0, 0.05) is 25.2 Å². The van der Waals surface area contributed by atoms with Crippen LogP contribution in [0.2, 0.25) is 0 Å². The molecule has 108 valence electrons. The highest BCUT2D eigenvalue weighted by Gasteiger charge is 2.29. The minimum Gasteiger partial charge on any atom is -0.497 e. The van der Waals surface area contributed by atoms with Gasteiger partial charge in [0.05, 0.1) is 25.9 Å². The summed E-state index contributed by atoms with van der Waals surface area (Å²) in [6.45, 7) is 1.84. The molecular formula is C15H20N2O3. The Balaban J connectivity index is 2.19. The van der Waals surface area contributed by atoms with Gasteiger partial charge in [0.2, 0.25) is 0 Å². The fraction of sp³-hybridized carbons (Fsp3) is 0.467. The van der Waals surface area contributed by atoms with E-state index in [0.717, 1.165) is 16.9 Å². The molecule has 0 bridgehead atoms. The molecule has 20 heavy (non-hydrogen) atoms. The first kappa shape index (κ1) is 14.8. The van der Waals surface area contributed by atoms with Gasteiger partial charge in [-0.15, -0.1) is 0 Å². The van der Waals surface area contributed by atoms with Gasteiger partial charge in [-0.1, -0.05) is 11.8 Å². The van der Waals surface area contributed by atoms with E-state index in [1.807, 2.05) is 23.1 Å². The summed E-state index contributed by atoms with van der Waals surface area (Å²) in [5.41, 5.74) is 7.31. The molecule has 1 aliphatic heterocycles. The molecule has 1 heterocycles. The molecule has 0 spiro atoms. The molecule has 0 aliphatic carbocycles. The lowest BCUT2D eigenvalue weighted by Crippen LogP contribution is -2.22. The number of hydrogen-bond acceptors (Lipinski definition) is 5. The maximum Gasteiger partial charge on any atom is 0.119 e. The molecule has 2 rings (SSSR count). The Morgan fingerprint density at radius 3 is 2.65 bits per heavy atom. The molecule has 1 aromatic rings. The van der Waals surface area contributed by atoms with Crippen LogP contribution in [0.4, 0.5) is 0 Å². The number of ether oxygens (including phenoxy) is 1. The molecule has 1 fully saturated rings. The summed E-state index contributed by atoms with van der Waals surface area (Å²) in [6.07, 6.45) is -1.36. The third kappa shape index (κ3) is 3.50. The Labute approximate surface area is 119 Å². The molecule has 5 nitrogen and oxygen atoms in total. The Hall–Kier alpha value is -1.58.